The molecule has 3 heteroatoms. The Morgan fingerprint density at radius 3 is 2.26 bits per heavy atom. The Bertz CT molecular complexity index is 298. The molecule has 0 aromatic carbocycles. The Balaban J connectivity index is 2.39. The summed E-state index contributed by atoms with van der Waals surface area (Å²) in [5, 5.41) is 3.37. The van der Waals surface area contributed by atoms with Crippen molar-refractivity contribution in [1.29, 1.82) is 0 Å². The topological polar surface area (TPSA) is 32.3 Å². The van der Waals surface area contributed by atoms with Gasteiger partial charge in [-0.3, -0.25) is 4.79 Å². The molecule has 1 N–H and O–H groups in total. The zero-order valence-corrected chi connectivity index (χ0v) is 13.7. The van der Waals surface area contributed by atoms with Gasteiger partial charge in [-0.15, -0.1) is 0 Å². The van der Waals surface area contributed by atoms with E-state index in [2.05, 4.69) is 44.8 Å². The number of piperidine rings is 1. The lowest BCUT2D eigenvalue weighted by molar-refractivity contribution is -0.133. The van der Waals surface area contributed by atoms with Gasteiger partial charge in [-0.25, -0.2) is 0 Å². The van der Waals surface area contributed by atoms with E-state index in [-0.39, 0.29) is 5.54 Å². The Hall–Kier alpha value is -0.570. The average Bonchev–Trinajstić information content (AvgIpc) is 2.27. The van der Waals surface area contributed by atoms with Crippen LogP contribution in [0.1, 0.15) is 60.3 Å². The minimum Gasteiger partial charge on any atom is -0.343 e. The molecule has 0 aromatic rings. The molecule has 0 aromatic heterocycles. The van der Waals surface area contributed by atoms with E-state index in [1.807, 2.05) is 7.05 Å². The Labute approximate surface area is 119 Å². The lowest BCUT2D eigenvalue weighted by Gasteiger charge is -2.39. The molecule has 0 spiro atoms. The summed E-state index contributed by atoms with van der Waals surface area (Å²) in [6, 6.07) is 0. The first-order chi connectivity index (χ1) is 8.65. The van der Waals surface area contributed by atoms with E-state index in [0.29, 0.717) is 23.7 Å². The Morgan fingerprint density at radius 2 is 1.84 bits per heavy atom. The van der Waals surface area contributed by atoms with E-state index < -0.39 is 0 Å². The first kappa shape index (κ1) is 16.5. The number of nitrogens with zero attached hydrogens (tertiary/aromatic N) is 1. The standard InChI is InChI=1S/C16H32N2O/c1-13(12-15(2,3)4)11-14(19)18-9-7-16(5,17-6)8-10-18/h13,17H,7-12H2,1-6H3. The van der Waals surface area contributed by atoms with Crippen molar-refractivity contribution < 1.29 is 4.79 Å². The molecule has 1 rings (SSSR count). The van der Waals surface area contributed by atoms with E-state index in [4.69, 9.17) is 0 Å². The van der Waals surface area contributed by atoms with Crippen LogP contribution in [0, 0.1) is 11.3 Å². The monoisotopic (exact) mass is 268 g/mol. The molecule has 0 radical (unpaired) electrons. The average molecular weight is 268 g/mol. The minimum absolute atomic E-state index is 0.216. The molecule has 1 amide bonds. The zero-order valence-electron chi connectivity index (χ0n) is 13.7. The third-order valence-electron chi connectivity index (χ3n) is 4.31. The predicted molar refractivity (Wildman–Crippen MR) is 81.1 cm³/mol. The molecule has 19 heavy (non-hydrogen) atoms. The summed E-state index contributed by atoms with van der Waals surface area (Å²) in [6.07, 6.45) is 3.93. The molecule has 1 atom stereocenters. The largest absolute Gasteiger partial charge is 0.343 e. The third kappa shape index (κ3) is 5.52. The Kier molecular flexibility index (Phi) is 5.43. The van der Waals surface area contributed by atoms with Gasteiger partial charge in [-0.2, -0.15) is 0 Å². The smallest absolute Gasteiger partial charge is 0.222 e. The van der Waals surface area contributed by atoms with Crippen LogP contribution in [-0.4, -0.2) is 36.5 Å². The van der Waals surface area contributed by atoms with Gasteiger partial charge < -0.3 is 10.2 Å². The van der Waals surface area contributed by atoms with Gasteiger partial charge in [0.1, 0.15) is 0 Å². The fourth-order valence-corrected chi connectivity index (χ4v) is 3.04. The molecule has 0 saturated carbocycles. The van der Waals surface area contributed by atoms with E-state index in [1.165, 1.54) is 0 Å². The highest BCUT2D eigenvalue weighted by Gasteiger charge is 2.30. The second-order valence-corrected chi connectivity index (χ2v) is 7.77. The number of likely N-dealkylation sites (tertiary alicyclic amines) is 1. The molecule has 3 nitrogen and oxygen atoms in total. The minimum atomic E-state index is 0.216. The predicted octanol–water partition coefficient (Wildman–Crippen LogP) is 3.05. The Morgan fingerprint density at radius 1 is 1.32 bits per heavy atom. The normalized spacial score (nSPS) is 21.3. The quantitative estimate of drug-likeness (QED) is 0.850. The van der Waals surface area contributed by atoms with E-state index in [0.717, 1.165) is 32.4 Å². The number of hydrogen-bond acceptors (Lipinski definition) is 2. The number of carbonyl (C=O) groups excluding carboxylic acids is 1. The number of nitrogens with one attached hydrogen (secondary N) is 1. The summed E-state index contributed by atoms with van der Waals surface area (Å²) in [4.78, 5) is 14.4. The van der Waals surface area contributed by atoms with Gasteiger partial charge in [0.15, 0.2) is 0 Å². The second kappa shape index (κ2) is 6.25. The SMILES string of the molecule is CNC1(C)CCN(C(=O)CC(C)CC(C)(C)C)CC1. The number of rotatable bonds is 4. The highest BCUT2D eigenvalue weighted by molar-refractivity contribution is 5.76. The number of hydrogen-bond donors (Lipinski definition) is 1. The van der Waals surface area contributed by atoms with Crippen molar-refractivity contribution >= 4 is 5.91 Å². The van der Waals surface area contributed by atoms with Crippen LogP contribution in [0.2, 0.25) is 0 Å². The molecular formula is C16H32N2O. The molecule has 1 heterocycles. The van der Waals surface area contributed by atoms with Crippen molar-refractivity contribution in [3.8, 4) is 0 Å². The van der Waals surface area contributed by atoms with Gasteiger partial charge in [0.25, 0.3) is 0 Å². The number of amides is 1. The zero-order chi connectivity index (χ0) is 14.7. The van der Waals surface area contributed by atoms with Crippen molar-refractivity contribution in [2.24, 2.45) is 11.3 Å². The van der Waals surface area contributed by atoms with Gasteiger partial charge in [-0.05, 0) is 44.6 Å². The summed E-state index contributed by atoms with van der Waals surface area (Å²) in [7, 11) is 2.02. The van der Waals surface area contributed by atoms with Gasteiger partial charge in [0, 0.05) is 25.0 Å². The maximum absolute atomic E-state index is 12.3. The maximum atomic E-state index is 12.3. The highest BCUT2D eigenvalue weighted by Crippen LogP contribution is 2.27. The summed E-state index contributed by atoms with van der Waals surface area (Å²) in [5.74, 6) is 0.819. The summed E-state index contributed by atoms with van der Waals surface area (Å²) in [6.45, 7) is 13.0. The molecule has 1 fully saturated rings. The van der Waals surface area contributed by atoms with Crippen LogP contribution < -0.4 is 5.32 Å². The van der Waals surface area contributed by atoms with E-state index >= 15 is 0 Å². The van der Waals surface area contributed by atoms with Crippen LogP contribution >= 0.6 is 0 Å². The van der Waals surface area contributed by atoms with Gasteiger partial charge in [-0.1, -0.05) is 27.7 Å². The molecule has 1 saturated heterocycles. The maximum Gasteiger partial charge on any atom is 0.222 e. The van der Waals surface area contributed by atoms with Crippen molar-refractivity contribution in [3.05, 3.63) is 0 Å². The fourth-order valence-electron chi connectivity index (χ4n) is 3.04. The van der Waals surface area contributed by atoms with Crippen molar-refractivity contribution in [3.63, 3.8) is 0 Å². The molecule has 112 valence electrons. The summed E-state index contributed by atoms with van der Waals surface area (Å²) < 4.78 is 0. The van der Waals surface area contributed by atoms with Crippen LogP contribution in [0.5, 0.6) is 0 Å². The summed E-state index contributed by atoms with van der Waals surface area (Å²) >= 11 is 0. The molecule has 0 aliphatic carbocycles. The van der Waals surface area contributed by atoms with E-state index in [9.17, 15) is 4.79 Å². The van der Waals surface area contributed by atoms with Crippen molar-refractivity contribution in [2.75, 3.05) is 20.1 Å². The molecule has 1 aliphatic heterocycles. The highest BCUT2D eigenvalue weighted by atomic mass is 16.2. The lowest BCUT2D eigenvalue weighted by Crippen LogP contribution is -2.51. The van der Waals surface area contributed by atoms with Crippen molar-refractivity contribution in [1.82, 2.24) is 10.2 Å². The number of carbonyl (C=O) groups is 1. The summed E-state index contributed by atoms with van der Waals surface area (Å²) in [5.41, 5.74) is 0.528. The van der Waals surface area contributed by atoms with Gasteiger partial charge >= 0.3 is 0 Å². The van der Waals surface area contributed by atoms with Gasteiger partial charge in [0.2, 0.25) is 5.91 Å². The van der Waals surface area contributed by atoms with Crippen LogP contribution in [0.15, 0.2) is 0 Å². The first-order valence-electron chi connectivity index (χ1n) is 7.62. The molecule has 1 unspecified atom stereocenters. The van der Waals surface area contributed by atoms with Crippen LogP contribution in [0.25, 0.3) is 0 Å². The first-order valence-corrected chi connectivity index (χ1v) is 7.62. The fraction of sp³-hybridized carbons (Fsp3) is 0.938. The van der Waals surface area contributed by atoms with E-state index in [1.54, 1.807) is 0 Å². The van der Waals surface area contributed by atoms with Crippen LogP contribution in [-0.2, 0) is 4.79 Å². The lowest BCUT2D eigenvalue weighted by atomic mass is 9.83. The van der Waals surface area contributed by atoms with Gasteiger partial charge in [0.05, 0.1) is 0 Å². The molecule has 0 bridgehead atoms. The van der Waals surface area contributed by atoms with Crippen molar-refractivity contribution in [2.45, 2.75) is 65.8 Å². The van der Waals surface area contributed by atoms with Crippen LogP contribution in [0.4, 0.5) is 0 Å². The second-order valence-electron chi connectivity index (χ2n) is 7.77. The molecule has 1 aliphatic rings. The third-order valence-corrected chi connectivity index (χ3v) is 4.31. The molecular weight excluding hydrogens is 236 g/mol. The van der Waals surface area contributed by atoms with Crippen LogP contribution in [0.3, 0.4) is 0 Å².